The number of rotatable bonds is 3. The van der Waals surface area contributed by atoms with Gasteiger partial charge in [-0.25, -0.2) is 13.0 Å². The molecule has 4 nitrogen and oxygen atoms in total. The molecule has 0 heterocycles. The van der Waals surface area contributed by atoms with E-state index in [1.165, 1.54) is 6.92 Å². The average Bonchev–Trinajstić information content (AvgIpc) is 2.19. The third-order valence-corrected chi connectivity index (χ3v) is 5.80. The molecular weight excluding hydrogens is 296 g/mol. The average molecular weight is 304 g/mol. The molecule has 0 aliphatic carbocycles. The molecule has 0 N–H and O–H groups in total. The molecule has 1 rings (SSSR count). The van der Waals surface area contributed by atoms with Crippen LogP contribution < -0.4 is 0 Å². The standard InChI is InChI=1S/C8H8ClF2NO3S2/c1-2-16(13,12-17(9,14)15)8-5-6(10)3-4-7(8)11/h3-5H,2H2,1H3. The third kappa shape index (κ3) is 3.62. The van der Waals surface area contributed by atoms with Gasteiger partial charge in [-0.1, -0.05) is 10.7 Å². The molecule has 0 fully saturated rings. The van der Waals surface area contributed by atoms with E-state index in [0.29, 0.717) is 6.07 Å². The zero-order chi connectivity index (χ0) is 13.3. The Morgan fingerprint density at radius 3 is 2.35 bits per heavy atom. The van der Waals surface area contributed by atoms with E-state index in [2.05, 4.69) is 3.77 Å². The summed E-state index contributed by atoms with van der Waals surface area (Å²) in [5.41, 5.74) is 0. The Morgan fingerprint density at radius 2 is 1.88 bits per heavy atom. The smallest absolute Gasteiger partial charge is 0.244 e. The predicted octanol–water partition coefficient (Wildman–Crippen LogP) is 2.30. The summed E-state index contributed by atoms with van der Waals surface area (Å²) < 4.78 is 62.9. The normalized spacial score (nSPS) is 15.3. The number of benzene rings is 1. The maximum absolute atomic E-state index is 13.4. The van der Waals surface area contributed by atoms with Gasteiger partial charge in [0.15, 0.2) is 0 Å². The molecule has 1 unspecified atom stereocenters. The lowest BCUT2D eigenvalue weighted by atomic mass is 10.3. The van der Waals surface area contributed by atoms with E-state index < -0.39 is 35.5 Å². The van der Waals surface area contributed by atoms with E-state index in [1.807, 2.05) is 0 Å². The Morgan fingerprint density at radius 1 is 1.29 bits per heavy atom. The first kappa shape index (κ1) is 14.3. The van der Waals surface area contributed by atoms with E-state index in [-0.39, 0.29) is 5.75 Å². The molecule has 9 heteroatoms. The number of halogens is 3. The minimum Gasteiger partial charge on any atom is -0.244 e. The highest BCUT2D eigenvalue weighted by Gasteiger charge is 2.20. The fraction of sp³-hybridized carbons (Fsp3) is 0.250. The molecule has 0 saturated carbocycles. The highest BCUT2D eigenvalue weighted by atomic mass is 35.7. The van der Waals surface area contributed by atoms with Crippen molar-refractivity contribution in [2.75, 3.05) is 5.75 Å². The highest BCUT2D eigenvalue weighted by Crippen LogP contribution is 2.21. The van der Waals surface area contributed by atoms with Crippen LogP contribution in [0.2, 0.25) is 0 Å². The summed E-state index contributed by atoms with van der Waals surface area (Å²) in [6.45, 7) is 1.33. The van der Waals surface area contributed by atoms with Crippen molar-refractivity contribution in [1.82, 2.24) is 0 Å². The fourth-order valence-electron chi connectivity index (χ4n) is 1.11. The van der Waals surface area contributed by atoms with Gasteiger partial charge in [0, 0.05) is 16.4 Å². The van der Waals surface area contributed by atoms with Crippen LogP contribution in [0.15, 0.2) is 26.9 Å². The van der Waals surface area contributed by atoms with Crippen LogP contribution in [0.1, 0.15) is 6.92 Å². The molecule has 1 aromatic rings. The molecule has 0 aromatic heterocycles. The van der Waals surface area contributed by atoms with Crippen LogP contribution in [0.25, 0.3) is 0 Å². The van der Waals surface area contributed by atoms with Gasteiger partial charge in [0.05, 0.1) is 14.6 Å². The first-order chi connectivity index (χ1) is 7.68. The van der Waals surface area contributed by atoms with E-state index in [9.17, 15) is 21.4 Å². The first-order valence-electron chi connectivity index (χ1n) is 4.34. The van der Waals surface area contributed by atoms with Crippen LogP contribution >= 0.6 is 10.7 Å². The van der Waals surface area contributed by atoms with Gasteiger partial charge in [-0.05, 0) is 18.2 Å². The minimum atomic E-state index is -4.44. The van der Waals surface area contributed by atoms with Crippen molar-refractivity contribution in [3.8, 4) is 0 Å². The van der Waals surface area contributed by atoms with Crippen molar-refractivity contribution in [1.29, 1.82) is 0 Å². The van der Waals surface area contributed by atoms with E-state index >= 15 is 0 Å². The number of hydrogen-bond donors (Lipinski definition) is 0. The maximum Gasteiger partial charge on any atom is 0.347 e. The van der Waals surface area contributed by atoms with E-state index in [0.717, 1.165) is 12.1 Å². The first-order valence-corrected chi connectivity index (χ1v) is 8.29. The highest BCUT2D eigenvalue weighted by molar-refractivity contribution is 8.17. The van der Waals surface area contributed by atoms with Crippen LogP contribution in [0.4, 0.5) is 8.78 Å². The van der Waals surface area contributed by atoms with Gasteiger partial charge in [0.25, 0.3) is 0 Å². The molecule has 1 aromatic carbocycles. The SMILES string of the molecule is CCS(=O)(=NS(=O)(=O)Cl)c1cc(F)ccc1F. The van der Waals surface area contributed by atoms with Crippen molar-refractivity contribution >= 4 is 29.6 Å². The molecule has 1 atom stereocenters. The third-order valence-electron chi connectivity index (χ3n) is 1.84. The Hall–Kier alpha value is -0.730. The lowest BCUT2D eigenvalue weighted by Gasteiger charge is -2.07. The van der Waals surface area contributed by atoms with Gasteiger partial charge in [0.2, 0.25) is 0 Å². The lowest BCUT2D eigenvalue weighted by Crippen LogP contribution is -2.08. The second kappa shape index (κ2) is 4.87. The summed E-state index contributed by atoms with van der Waals surface area (Å²) in [4.78, 5) is -0.607. The Labute approximate surface area is 102 Å². The van der Waals surface area contributed by atoms with Crippen molar-refractivity contribution in [3.63, 3.8) is 0 Å². The summed E-state index contributed by atoms with van der Waals surface area (Å²) in [5, 5.41) is 0. The Kier molecular flexibility index (Phi) is 4.11. The van der Waals surface area contributed by atoms with Gasteiger partial charge in [-0.3, -0.25) is 0 Å². The molecule has 0 bridgehead atoms. The monoisotopic (exact) mass is 303 g/mol. The largest absolute Gasteiger partial charge is 0.347 e. The van der Waals surface area contributed by atoms with Crippen molar-refractivity contribution in [2.45, 2.75) is 11.8 Å². The zero-order valence-electron chi connectivity index (χ0n) is 8.56. The summed E-state index contributed by atoms with van der Waals surface area (Å²) in [6, 6.07) is 2.21. The fourth-order valence-corrected chi connectivity index (χ4v) is 4.81. The van der Waals surface area contributed by atoms with E-state index in [4.69, 9.17) is 10.7 Å². The number of nitrogens with zero attached hydrogens (tertiary/aromatic N) is 1. The Balaban J connectivity index is 3.64. The molecule has 0 radical (unpaired) electrons. The van der Waals surface area contributed by atoms with E-state index in [1.54, 1.807) is 0 Å². The summed E-state index contributed by atoms with van der Waals surface area (Å²) in [6.07, 6.45) is 0. The molecule has 0 aliphatic heterocycles. The lowest BCUT2D eigenvalue weighted by molar-refractivity contribution is 0.571. The van der Waals surface area contributed by atoms with Crippen LogP contribution in [-0.4, -0.2) is 18.4 Å². The predicted molar refractivity (Wildman–Crippen MR) is 60.5 cm³/mol. The second-order valence-electron chi connectivity index (χ2n) is 2.99. The molecule has 17 heavy (non-hydrogen) atoms. The quantitative estimate of drug-likeness (QED) is 0.805. The minimum absolute atomic E-state index is 0.306. The maximum atomic E-state index is 13.4. The van der Waals surface area contributed by atoms with Gasteiger partial charge in [0.1, 0.15) is 11.6 Å². The number of hydrogen-bond acceptors (Lipinski definition) is 3. The molecule has 0 saturated heterocycles. The van der Waals surface area contributed by atoms with Crippen molar-refractivity contribution in [3.05, 3.63) is 29.8 Å². The molecular formula is C8H8ClF2NO3S2. The molecule has 96 valence electrons. The topological polar surface area (TPSA) is 63.6 Å². The van der Waals surface area contributed by atoms with Crippen LogP contribution in [-0.2, 0) is 19.0 Å². The summed E-state index contributed by atoms with van der Waals surface area (Å²) in [5.74, 6) is -2.15. The van der Waals surface area contributed by atoms with Crippen LogP contribution in [0.5, 0.6) is 0 Å². The van der Waals surface area contributed by atoms with Gasteiger partial charge < -0.3 is 0 Å². The van der Waals surface area contributed by atoms with Crippen molar-refractivity contribution in [2.24, 2.45) is 3.77 Å². The van der Waals surface area contributed by atoms with Crippen LogP contribution in [0.3, 0.4) is 0 Å². The summed E-state index contributed by atoms with van der Waals surface area (Å²) >= 11 is 0. The van der Waals surface area contributed by atoms with Gasteiger partial charge >= 0.3 is 9.24 Å². The van der Waals surface area contributed by atoms with Gasteiger partial charge in [-0.2, -0.15) is 8.42 Å². The zero-order valence-corrected chi connectivity index (χ0v) is 11.0. The van der Waals surface area contributed by atoms with Crippen molar-refractivity contribution < 1.29 is 21.4 Å². The van der Waals surface area contributed by atoms with Gasteiger partial charge in [-0.15, -0.1) is 0 Å². The molecule has 0 aliphatic rings. The molecule has 0 amide bonds. The summed E-state index contributed by atoms with van der Waals surface area (Å²) in [7, 11) is -3.22. The Bertz CT molecular complexity index is 651. The molecule has 0 spiro atoms. The second-order valence-corrected chi connectivity index (χ2v) is 7.88. The van der Waals surface area contributed by atoms with Crippen LogP contribution in [0, 0.1) is 11.6 Å².